The Hall–Kier alpha value is -1.54. The second kappa shape index (κ2) is 7.27. The quantitative estimate of drug-likeness (QED) is 0.414. The number of esters is 1. The van der Waals surface area contributed by atoms with Crippen molar-refractivity contribution >= 4 is 11.8 Å². The molecule has 6 aliphatic rings. The summed E-state index contributed by atoms with van der Waals surface area (Å²) in [4.78, 5) is 25.8. The van der Waals surface area contributed by atoms with Crippen LogP contribution in [-0.2, 0) is 19.1 Å². The molecular formula is C28H38O7. The van der Waals surface area contributed by atoms with Crippen LogP contribution in [0.3, 0.4) is 0 Å². The van der Waals surface area contributed by atoms with E-state index in [0.717, 1.165) is 31.3 Å². The largest absolute Gasteiger partial charge is 0.456 e. The van der Waals surface area contributed by atoms with Crippen molar-refractivity contribution in [3.05, 3.63) is 23.3 Å². The molecule has 4 fully saturated rings. The monoisotopic (exact) mass is 486 g/mol. The normalized spacial score (nSPS) is 52.1. The number of aliphatic hydroxyl groups excluding tert-OH is 1. The lowest BCUT2D eigenvalue weighted by Crippen LogP contribution is -2.67. The smallest absolute Gasteiger partial charge is 0.336 e. The molecule has 0 radical (unpaired) electrons. The number of epoxide rings is 1. The molecule has 4 aliphatic carbocycles. The summed E-state index contributed by atoms with van der Waals surface area (Å²) >= 11 is 0. The van der Waals surface area contributed by atoms with Gasteiger partial charge in [0.15, 0.2) is 5.78 Å². The number of cyclic esters (lactones) is 1. The molecule has 0 amide bonds. The minimum Gasteiger partial charge on any atom is -0.456 e. The van der Waals surface area contributed by atoms with Gasteiger partial charge in [-0.1, -0.05) is 18.6 Å². The Balaban J connectivity index is 1.32. The first kappa shape index (κ1) is 23.8. The van der Waals surface area contributed by atoms with Gasteiger partial charge in [-0.15, -0.1) is 0 Å². The van der Waals surface area contributed by atoms with Crippen molar-refractivity contribution in [2.24, 2.45) is 34.5 Å². The summed E-state index contributed by atoms with van der Waals surface area (Å²) in [6, 6.07) is 0. The van der Waals surface area contributed by atoms with Crippen molar-refractivity contribution in [2.45, 2.75) is 95.7 Å². The average Bonchev–Trinajstić information content (AvgIpc) is 3.51. The second-order valence-electron chi connectivity index (χ2n) is 12.8. The van der Waals surface area contributed by atoms with Crippen LogP contribution in [0, 0.1) is 34.5 Å². The van der Waals surface area contributed by atoms with E-state index in [2.05, 4.69) is 6.92 Å². The molecule has 35 heavy (non-hydrogen) atoms. The highest BCUT2D eigenvalue weighted by Crippen LogP contribution is 2.72. The number of ketones is 1. The van der Waals surface area contributed by atoms with Crippen LogP contribution in [-0.4, -0.2) is 63.2 Å². The molecule has 192 valence electrons. The maximum atomic E-state index is 13.3. The van der Waals surface area contributed by atoms with Gasteiger partial charge >= 0.3 is 5.97 Å². The van der Waals surface area contributed by atoms with E-state index in [4.69, 9.17) is 9.47 Å². The van der Waals surface area contributed by atoms with Crippen LogP contribution in [0.5, 0.6) is 0 Å². The zero-order valence-corrected chi connectivity index (χ0v) is 21.1. The number of fused-ring (bicyclic) bond motifs is 8. The van der Waals surface area contributed by atoms with Crippen molar-refractivity contribution in [3.63, 3.8) is 0 Å². The Kier molecular flexibility index (Phi) is 4.95. The molecule has 0 aromatic heterocycles. The number of hydrogen-bond donors (Lipinski definition) is 3. The van der Waals surface area contributed by atoms with Crippen molar-refractivity contribution in [3.8, 4) is 0 Å². The van der Waals surface area contributed by atoms with Crippen LogP contribution >= 0.6 is 0 Å². The molecule has 3 saturated carbocycles. The maximum absolute atomic E-state index is 13.3. The summed E-state index contributed by atoms with van der Waals surface area (Å²) in [5, 5.41) is 33.2. The lowest BCUT2D eigenvalue weighted by atomic mass is 9.43. The summed E-state index contributed by atoms with van der Waals surface area (Å²) in [6.45, 7) is 7.49. The number of ether oxygens (including phenoxy) is 2. The Morgan fingerprint density at radius 3 is 2.60 bits per heavy atom. The highest BCUT2D eigenvalue weighted by Gasteiger charge is 2.78. The summed E-state index contributed by atoms with van der Waals surface area (Å²) < 4.78 is 11.9. The van der Waals surface area contributed by atoms with Crippen molar-refractivity contribution in [1.29, 1.82) is 0 Å². The van der Waals surface area contributed by atoms with Gasteiger partial charge in [0.05, 0.1) is 23.7 Å². The SMILES string of the molecule is CC1=C(CO)C(=O)OC([C@](C)(O)[C@H]2CC[C@H]3[C@@H]4[C@@H]5O[C@@H]5[C@@]5(O)CC=CC(=O)[C@]5(C)[C@H]4CC[C@@]32C)C1. The van der Waals surface area contributed by atoms with Crippen LogP contribution in [0.2, 0.25) is 0 Å². The third-order valence-electron chi connectivity index (χ3n) is 11.6. The zero-order chi connectivity index (χ0) is 25.1. The van der Waals surface area contributed by atoms with E-state index in [-0.39, 0.29) is 53.7 Å². The minimum absolute atomic E-state index is 0.0106. The molecule has 6 rings (SSSR count). The molecule has 2 heterocycles. The van der Waals surface area contributed by atoms with Crippen molar-refractivity contribution in [2.75, 3.05) is 6.61 Å². The first-order chi connectivity index (χ1) is 16.4. The van der Waals surface area contributed by atoms with Gasteiger partial charge in [0.2, 0.25) is 0 Å². The highest BCUT2D eigenvalue weighted by molar-refractivity contribution is 5.97. The predicted octanol–water partition coefficient (Wildman–Crippen LogP) is 2.47. The highest BCUT2D eigenvalue weighted by atomic mass is 16.6. The molecular weight excluding hydrogens is 448 g/mol. The number of aliphatic hydroxyl groups is 3. The van der Waals surface area contributed by atoms with Crippen LogP contribution in [0.4, 0.5) is 0 Å². The minimum atomic E-state index is -1.22. The van der Waals surface area contributed by atoms with E-state index in [1.54, 1.807) is 19.1 Å². The summed E-state index contributed by atoms with van der Waals surface area (Å²) in [7, 11) is 0. The molecule has 0 aromatic rings. The van der Waals surface area contributed by atoms with Gasteiger partial charge in [-0.25, -0.2) is 4.79 Å². The standard InChI is InChI=1S/C28H38O7/c1-14-12-20(34-24(31)15(14)13-29)27(4,32)18-8-7-16-21-17(9-11-25(16,18)2)26(3)19(30)6-5-10-28(26,33)23-22(21)35-23/h5-6,16-18,20-23,29,32-33H,7-13H2,1-4H3/t16-,17-,18-,20?,21-,22-,23-,25-,26-,27+,28-/m0/s1. The van der Waals surface area contributed by atoms with E-state index in [9.17, 15) is 24.9 Å². The topological polar surface area (TPSA) is 117 Å². The van der Waals surface area contributed by atoms with Crippen LogP contribution in [0.25, 0.3) is 0 Å². The number of hydrogen-bond acceptors (Lipinski definition) is 7. The second-order valence-corrected chi connectivity index (χ2v) is 12.8. The summed E-state index contributed by atoms with van der Waals surface area (Å²) in [6.07, 6.45) is 6.67. The lowest BCUT2D eigenvalue weighted by Gasteiger charge is -2.60. The first-order valence-corrected chi connectivity index (χ1v) is 13.2. The molecule has 11 atom stereocenters. The van der Waals surface area contributed by atoms with Crippen LogP contribution < -0.4 is 0 Å². The maximum Gasteiger partial charge on any atom is 0.336 e. The molecule has 7 nitrogen and oxygen atoms in total. The van der Waals surface area contributed by atoms with E-state index in [0.29, 0.717) is 18.4 Å². The van der Waals surface area contributed by atoms with E-state index < -0.39 is 28.7 Å². The van der Waals surface area contributed by atoms with Crippen LogP contribution in [0.1, 0.15) is 66.2 Å². The fraction of sp³-hybridized carbons (Fsp3) is 0.786. The van der Waals surface area contributed by atoms with Gasteiger partial charge in [-0.2, -0.15) is 0 Å². The number of rotatable bonds is 3. The van der Waals surface area contributed by atoms with E-state index >= 15 is 0 Å². The third-order valence-corrected chi connectivity index (χ3v) is 11.6. The van der Waals surface area contributed by atoms with Gasteiger partial charge < -0.3 is 24.8 Å². The van der Waals surface area contributed by atoms with Gasteiger partial charge in [0.25, 0.3) is 0 Å². The van der Waals surface area contributed by atoms with Crippen molar-refractivity contribution in [1.82, 2.24) is 0 Å². The number of allylic oxidation sites excluding steroid dienone is 1. The Labute approximate surface area is 206 Å². The molecule has 2 aliphatic heterocycles. The molecule has 3 N–H and O–H groups in total. The van der Waals surface area contributed by atoms with Gasteiger partial charge in [-0.05, 0) is 88.0 Å². The van der Waals surface area contributed by atoms with E-state index in [1.165, 1.54) is 0 Å². The van der Waals surface area contributed by atoms with E-state index in [1.807, 2.05) is 13.8 Å². The molecule has 7 heteroatoms. The average molecular weight is 487 g/mol. The molecule has 1 saturated heterocycles. The Bertz CT molecular complexity index is 1040. The lowest BCUT2D eigenvalue weighted by molar-refractivity contribution is -0.195. The Morgan fingerprint density at radius 1 is 1.17 bits per heavy atom. The molecule has 0 aromatic carbocycles. The fourth-order valence-electron chi connectivity index (χ4n) is 9.51. The Morgan fingerprint density at radius 2 is 1.91 bits per heavy atom. The number of carbonyl (C=O) groups excluding carboxylic acids is 2. The zero-order valence-electron chi connectivity index (χ0n) is 21.1. The fourth-order valence-corrected chi connectivity index (χ4v) is 9.51. The molecule has 1 unspecified atom stereocenters. The van der Waals surface area contributed by atoms with Crippen molar-refractivity contribution < 1.29 is 34.4 Å². The molecule has 0 bridgehead atoms. The summed E-state index contributed by atoms with van der Waals surface area (Å²) in [5.41, 5.74) is -2.35. The summed E-state index contributed by atoms with van der Waals surface area (Å²) in [5.74, 6) is -0.136. The third kappa shape index (κ3) is 2.81. The predicted molar refractivity (Wildman–Crippen MR) is 126 cm³/mol. The first-order valence-electron chi connectivity index (χ1n) is 13.2. The van der Waals surface area contributed by atoms with Gasteiger partial charge in [0, 0.05) is 6.42 Å². The van der Waals surface area contributed by atoms with Gasteiger partial charge in [0.1, 0.15) is 23.4 Å². The number of carbonyl (C=O) groups is 2. The van der Waals surface area contributed by atoms with Gasteiger partial charge in [-0.3, -0.25) is 4.79 Å². The van der Waals surface area contributed by atoms with Crippen LogP contribution in [0.15, 0.2) is 23.3 Å². The molecule has 0 spiro atoms.